The van der Waals surface area contributed by atoms with E-state index in [9.17, 15) is 4.79 Å². The van der Waals surface area contributed by atoms with E-state index in [4.69, 9.17) is 4.74 Å². The van der Waals surface area contributed by atoms with Crippen molar-refractivity contribution in [2.75, 3.05) is 13.7 Å². The fourth-order valence-electron chi connectivity index (χ4n) is 2.59. The number of aromatic nitrogens is 3. The fourth-order valence-corrected chi connectivity index (χ4v) is 2.59. The van der Waals surface area contributed by atoms with Gasteiger partial charge in [0.2, 0.25) is 0 Å². The molecule has 0 saturated heterocycles. The minimum atomic E-state index is -0.112. The summed E-state index contributed by atoms with van der Waals surface area (Å²) < 4.78 is 8.11. The third-order valence-electron chi connectivity index (χ3n) is 3.96. The molecule has 0 aliphatic carbocycles. The van der Waals surface area contributed by atoms with Crippen molar-refractivity contribution in [1.29, 1.82) is 0 Å². The molecule has 110 valence electrons. The van der Waals surface area contributed by atoms with Crippen LogP contribution in [0.1, 0.15) is 28.1 Å². The lowest BCUT2D eigenvalue weighted by molar-refractivity contribution is 0.182. The number of fused-ring (bicyclic) bond motifs is 2. The maximum atomic E-state index is 12.3. The fraction of sp³-hybridized carbons (Fsp3) is 0.375. The van der Waals surface area contributed by atoms with Gasteiger partial charge in [0.15, 0.2) is 0 Å². The van der Waals surface area contributed by atoms with Crippen LogP contribution in [0, 0.1) is 13.8 Å². The normalized spacial score (nSPS) is 12.9. The third kappa shape index (κ3) is 2.45. The molecule has 0 amide bonds. The highest BCUT2D eigenvalue weighted by molar-refractivity contribution is 5.66. The van der Waals surface area contributed by atoms with E-state index in [0.717, 1.165) is 11.4 Å². The quantitative estimate of drug-likeness (QED) is 0.738. The van der Waals surface area contributed by atoms with Gasteiger partial charge in [-0.15, -0.1) is 0 Å². The van der Waals surface area contributed by atoms with Gasteiger partial charge in [0.05, 0.1) is 13.2 Å². The number of aryl methyl sites for hydroxylation is 2. The van der Waals surface area contributed by atoms with Gasteiger partial charge < -0.3 is 4.74 Å². The molecule has 0 atom stereocenters. The zero-order valence-corrected chi connectivity index (χ0v) is 12.6. The van der Waals surface area contributed by atoms with Crippen LogP contribution >= 0.6 is 0 Å². The summed E-state index contributed by atoms with van der Waals surface area (Å²) in [5.74, 6) is 0.773. The van der Waals surface area contributed by atoms with Crippen LogP contribution in [0.5, 0.6) is 0 Å². The average Bonchev–Trinajstić information content (AvgIpc) is 2.64. The molecule has 0 N–H and O–H groups in total. The standard InChI is InChI=1S/C16H19N3O2/c1-11-8-13-4-5-18-15(10-14(13)9-12(11)2)17-19(16(18)20)6-7-21-3/h4-5,8-9H,6-7,10H2,1-3H3. The minimum Gasteiger partial charge on any atom is -0.383 e. The molecule has 2 heterocycles. The van der Waals surface area contributed by atoms with Crippen molar-refractivity contribution >= 4 is 12.3 Å². The number of hydrogen-bond donors (Lipinski definition) is 0. The van der Waals surface area contributed by atoms with Crippen LogP contribution in [0.15, 0.2) is 16.9 Å². The Labute approximate surface area is 123 Å². The van der Waals surface area contributed by atoms with Crippen LogP contribution in [-0.2, 0) is 17.7 Å². The lowest BCUT2D eigenvalue weighted by atomic mass is 9.98. The molecule has 1 aliphatic heterocycles. The lowest BCUT2D eigenvalue weighted by Gasteiger charge is -2.07. The smallest absolute Gasteiger partial charge is 0.350 e. The summed E-state index contributed by atoms with van der Waals surface area (Å²) in [6.07, 6.45) is 4.47. The zero-order chi connectivity index (χ0) is 15.0. The van der Waals surface area contributed by atoms with E-state index in [2.05, 4.69) is 31.1 Å². The highest BCUT2D eigenvalue weighted by atomic mass is 16.5. The molecule has 0 saturated carbocycles. The Morgan fingerprint density at radius 2 is 2.05 bits per heavy atom. The predicted octanol–water partition coefficient (Wildman–Crippen LogP) is 1.84. The molecule has 21 heavy (non-hydrogen) atoms. The van der Waals surface area contributed by atoms with E-state index in [1.807, 2.05) is 12.3 Å². The first-order chi connectivity index (χ1) is 10.1. The highest BCUT2D eigenvalue weighted by Gasteiger charge is 2.16. The second kappa shape index (κ2) is 5.33. The second-order valence-electron chi connectivity index (χ2n) is 5.41. The van der Waals surface area contributed by atoms with Gasteiger partial charge in [-0.25, -0.2) is 9.48 Å². The average molecular weight is 285 g/mol. The molecule has 0 fully saturated rings. The highest BCUT2D eigenvalue weighted by Crippen LogP contribution is 2.22. The molecule has 1 aromatic heterocycles. The molecule has 5 nitrogen and oxygen atoms in total. The summed E-state index contributed by atoms with van der Waals surface area (Å²) in [5.41, 5.74) is 4.77. The van der Waals surface area contributed by atoms with Gasteiger partial charge in [-0.2, -0.15) is 5.10 Å². The van der Waals surface area contributed by atoms with Crippen LogP contribution in [0.3, 0.4) is 0 Å². The molecule has 1 aliphatic rings. The van der Waals surface area contributed by atoms with Gasteiger partial charge in [0.25, 0.3) is 0 Å². The number of methoxy groups -OCH3 is 1. The van der Waals surface area contributed by atoms with Gasteiger partial charge in [-0.1, -0.05) is 12.1 Å². The van der Waals surface area contributed by atoms with Crippen LogP contribution < -0.4 is 5.69 Å². The molecule has 0 bridgehead atoms. The molecule has 2 aromatic rings. The van der Waals surface area contributed by atoms with Crippen LogP contribution in [-0.4, -0.2) is 28.1 Å². The number of nitrogens with zero attached hydrogens (tertiary/aromatic N) is 3. The van der Waals surface area contributed by atoms with Crippen LogP contribution in [0.25, 0.3) is 12.3 Å². The van der Waals surface area contributed by atoms with E-state index in [1.165, 1.54) is 21.4 Å². The van der Waals surface area contributed by atoms with Crippen molar-refractivity contribution in [3.63, 3.8) is 0 Å². The Bertz CT molecular complexity index is 769. The van der Waals surface area contributed by atoms with Crippen molar-refractivity contribution in [3.05, 3.63) is 50.7 Å². The Morgan fingerprint density at radius 1 is 1.29 bits per heavy atom. The van der Waals surface area contributed by atoms with E-state index in [-0.39, 0.29) is 5.69 Å². The Kier molecular flexibility index (Phi) is 3.51. The number of hydrogen-bond acceptors (Lipinski definition) is 3. The predicted molar refractivity (Wildman–Crippen MR) is 82.3 cm³/mol. The maximum Gasteiger partial charge on any atom is 0.350 e. The molecule has 5 heteroatoms. The molecule has 0 unspecified atom stereocenters. The van der Waals surface area contributed by atoms with Crippen molar-refractivity contribution in [3.8, 4) is 0 Å². The molecule has 3 rings (SSSR count). The lowest BCUT2D eigenvalue weighted by Crippen LogP contribution is -2.24. The van der Waals surface area contributed by atoms with Gasteiger partial charge in [0, 0.05) is 19.7 Å². The first-order valence-corrected chi connectivity index (χ1v) is 7.05. The van der Waals surface area contributed by atoms with Crippen LogP contribution in [0.2, 0.25) is 0 Å². The summed E-state index contributed by atoms with van der Waals surface area (Å²) >= 11 is 0. The van der Waals surface area contributed by atoms with Crippen molar-refractivity contribution in [1.82, 2.24) is 14.3 Å². The van der Waals surface area contributed by atoms with Gasteiger partial charge in [0.1, 0.15) is 5.82 Å². The third-order valence-corrected chi connectivity index (χ3v) is 3.96. The SMILES string of the molecule is COCCn1nc2n(c1=O)C=Cc1cc(C)c(C)cc1C2. The topological polar surface area (TPSA) is 49.0 Å². The van der Waals surface area contributed by atoms with E-state index < -0.39 is 0 Å². The molecule has 0 radical (unpaired) electrons. The van der Waals surface area contributed by atoms with Crippen molar-refractivity contribution in [2.45, 2.75) is 26.8 Å². The molecule has 0 spiro atoms. The van der Waals surface area contributed by atoms with E-state index in [0.29, 0.717) is 19.6 Å². The monoisotopic (exact) mass is 285 g/mol. The zero-order valence-electron chi connectivity index (χ0n) is 12.6. The van der Waals surface area contributed by atoms with Crippen molar-refractivity contribution in [2.24, 2.45) is 0 Å². The Balaban J connectivity index is 2.04. The van der Waals surface area contributed by atoms with E-state index >= 15 is 0 Å². The van der Waals surface area contributed by atoms with Crippen molar-refractivity contribution < 1.29 is 4.74 Å². The first kappa shape index (κ1) is 13.8. The summed E-state index contributed by atoms with van der Waals surface area (Å²) in [5, 5.41) is 4.43. The molecular formula is C16H19N3O2. The summed E-state index contributed by atoms with van der Waals surface area (Å²) in [4.78, 5) is 12.3. The summed E-state index contributed by atoms with van der Waals surface area (Å²) in [6, 6.07) is 4.35. The first-order valence-electron chi connectivity index (χ1n) is 7.05. The molecule has 1 aromatic carbocycles. The van der Waals surface area contributed by atoms with Gasteiger partial charge in [-0.3, -0.25) is 4.57 Å². The largest absolute Gasteiger partial charge is 0.383 e. The minimum absolute atomic E-state index is 0.112. The summed E-state index contributed by atoms with van der Waals surface area (Å²) in [7, 11) is 1.62. The Hall–Kier alpha value is -2.14. The number of benzene rings is 1. The Morgan fingerprint density at radius 3 is 2.81 bits per heavy atom. The van der Waals surface area contributed by atoms with Gasteiger partial charge >= 0.3 is 5.69 Å². The van der Waals surface area contributed by atoms with Gasteiger partial charge in [-0.05, 0) is 42.2 Å². The second-order valence-corrected chi connectivity index (χ2v) is 5.41. The maximum absolute atomic E-state index is 12.3. The van der Waals surface area contributed by atoms with Crippen LogP contribution in [0.4, 0.5) is 0 Å². The number of ether oxygens (including phenoxy) is 1. The molecular weight excluding hydrogens is 266 g/mol. The summed E-state index contributed by atoms with van der Waals surface area (Å²) in [6.45, 7) is 5.16. The number of rotatable bonds is 3. The van der Waals surface area contributed by atoms with E-state index in [1.54, 1.807) is 11.7 Å².